The summed E-state index contributed by atoms with van der Waals surface area (Å²) in [6.07, 6.45) is 2.97. The summed E-state index contributed by atoms with van der Waals surface area (Å²) in [4.78, 5) is 0. The van der Waals surface area contributed by atoms with Crippen molar-refractivity contribution in [3.8, 4) is 0 Å². The summed E-state index contributed by atoms with van der Waals surface area (Å²) < 4.78 is 0. The predicted octanol–water partition coefficient (Wildman–Crippen LogP) is -4.32. The van der Waals surface area contributed by atoms with Crippen LogP contribution in [0.5, 0.6) is 0 Å². The molecule has 15 heavy (non-hydrogen) atoms. The van der Waals surface area contributed by atoms with E-state index in [0.29, 0.717) is 0 Å². The van der Waals surface area contributed by atoms with Gasteiger partial charge < -0.3 is 30.1 Å². The average molecular weight is 247 g/mol. The molecular formula is C12H18Cl2N-. The van der Waals surface area contributed by atoms with Crippen LogP contribution in [0.25, 0.3) is 0 Å². The maximum atomic E-state index is 3.80. The Morgan fingerprint density at radius 1 is 1.27 bits per heavy atom. The molecule has 1 atom stereocenters. The molecule has 0 fully saturated rings. The predicted molar refractivity (Wildman–Crippen MR) is 56.5 cm³/mol. The van der Waals surface area contributed by atoms with Crippen LogP contribution in [-0.2, 0) is 5.54 Å². The minimum absolute atomic E-state index is 0. The topological polar surface area (TPSA) is 16.6 Å². The van der Waals surface area contributed by atoms with Crippen molar-refractivity contribution in [3.63, 3.8) is 0 Å². The van der Waals surface area contributed by atoms with Crippen molar-refractivity contribution in [3.05, 3.63) is 48.6 Å². The summed E-state index contributed by atoms with van der Waals surface area (Å²) in [5, 5.41) is 2.24. The van der Waals surface area contributed by atoms with Gasteiger partial charge in [0.15, 0.2) is 0 Å². The minimum atomic E-state index is 0. The lowest BCUT2D eigenvalue weighted by Gasteiger charge is -2.24. The highest BCUT2D eigenvalue weighted by Gasteiger charge is 2.26. The molecule has 0 radical (unpaired) electrons. The van der Waals surface area contributed by atoms with E-state index in [4.69, 9.17) is 0 Å². The number of nitrogens with two attached hydrogens (primary N) is 1. The molecule has 0 heterocycles. The molecule has 0 saturated carbocycles. The largest absolute Gasteiger partial charge is 1.00 e. The van der Waals surface area contributed by atoms with Gasteiger partial charge in [-0.05, 0) is 6.92 Å². The number of rotatable bonds is 4. The quantitative estimate of drug-likeness (QED) is 0.518. The second kappa shape index (κ2) is 7.75. The minimum Gasteiger partial charge on any atom is -1.00 e. The van der Waals surface area contributed by atoms with Gasteiger partial charge in [-0.1, -0.05) is 36.4 Å². The fourth-order valence-electron chi connectivity index (χ4n) is 1.52. The first-order chi connectivity index (χ1) is 6.23. The molecule has 3 heteroatoms. The van der Waals surface area contributed by atoms with Crippen LogP contribution in [0.1, 0.15) is 18.9 Å². The Hall–Kier alpha value is -0.500. The molecule has 0 amide bonds. The molecule has 86 valence electrons. The summed E-state index contributed by atoms with van der Waals surface area (Å²) in [5.41, 5.74) is 1.50. The molecule has 1 aromatic rings. The third-order valence-corrected chi connectivity index (χ3v) is 2.64. The van der Waals surface area contributed by atoms with Crippen molar-refractivity contribution in [2.45, 2.75) is 18.9 Å². The molecular weight excluding hydrogens is 229 g/mol. The molecule has 0 spiro atoms. The molecule has 0 aromatic heterocycles. The smallest absolute Gasteiger partial charge is 0.122 e. The second-order valence-corrected chi connectivity index (χ2v) is 3.56. The maximum absolute atomic E-state index is 3.80. The van der Waals surface area contributed by atoms with Gasteiger partial charge in [-0.15, -0.1) is 6.58 Å². The number of hydrogen-bond acceptors (Lipinski definition) is 0. The Balaban J connectivity index is 0. The Bertz CT molecular complexity index is 274. The van der Waals surface area contributed by atoms with Gasteiger partial charge in [-0.3, -0.25) is 0 Å². The standard InChI is InChI=1S/C12H17N.2ClH/c1-4-10-12(2,13-3)11-8-6-5-7-9-11;;/h4-9,13H,1,10H2,2-3H3;2*1H/p-1. The van der Waals surface area contributed by atoms with E-state index < -0.39 is 0 Å². The molecule has 1 aromatic carbocycles. The molecule has 1 nitrogen and oxygen atoms in total. The van der Waals surface area contributed by atoms with Crippen LogP contribution in [0, 0.1) is 0 Å². The lowest BCUT2D eigenvalue weighted by molar-refractivity contribution is -0.709. The number of hydrogen-bond donors (Lipinski definition) is 1. The fraction of sp³-hybridized carbons (Fsp3) is 0.333. The number of halogens is 2. The highest BCUT2D eigenvalue weighted by atomic mass is 35.5. The Morgan fingerprint density at radius 2 is 1.80 bits per heavy atom. The van der Waals surface area contributed by atoms with Crippen molar-refractivity contribution < 1.29 is 30.1 Å². The van der Waals surface area contributed by atoms with Gasteiger partial charge in [0.25, 0.3) is 0 Å². The van der Waals surface area contributed by atoms with Gasteiger partial charge >= 0.3 is 0 Å². The van der Waals surface area contributed by atoms with Crippen molar-refractivity contribution in [2.24, 2.45) is 0 Å². The third kappa shape index (κ3) is 4.25. The molecule has 0 aliphatic rings. The van der Waals surface area contributed by atoms with E-state index >= 15 is 0 Å². The van der Waals surface area contributed by atoms with Crippen molar-refractivity contribution in [1.82, 2.24) is 0 Å². The zero-order valence-electron chi connectivity index (χ0n) is 9.21. The molecule has 1 unspecified atom stereocenters. The summed E-state index contributed by atoms with van der Waals surface area (Å²) in [6, 6.07) is 10.6. The van der Waals surface area contributed by atoms with Gasteiger partial charge in [0, 0.05) is 12.0 Å². The monoisotopic (exact) mass is 246 g/mol. The molecule has 0 bridgehead atoms. The Morgan fingerprint density at radius 3 is 2.20 bits per heavy atom. The zero-order chi connectivity index (χ0) is 9.73. The number of quaternary nitrogens is 1. The van der Waals surface area contributed by atoms with Crippen molar-refractivity contribution in [2.75, 3.05) is 7.05 Å². The highest BCUT2D eigenvalue weighted by molar-refractivity contribution is 5.21. The van der Waals surface area contributed by atoms with E-state index in [1.54, 1.807) is 0 Å². The van der Waals surface area contributed by atoms with Gasteiger partial charge in [-0.2, -0.15) is 0 Å². The number of benzene rings is 1. The fourth-order valence-corrected chi connectivity index (χ4v) is 1.52. The van der Waals surface area contributed by atoms with E-state index in [-0.39, 0.29) is 30.4 Å². The lowest BCUT2D eigenvalue weighted by atomic mass is 9.89. The van der Waals surface area contributed by atoms with Crippen LogP contribution in [-0.4, -0.2) is 7.05 Å². The normalized spacial score (nSPS) is 12.9. The molecule has 0 saturated heterocycles. The highest BCUT2D eigenvalue weighted by Crippen LogP contribution is 2.19. The summed E-state index contributed by atoms with van der Waals surface area (Å²) in [7, 11) is 2.11. The third-order valence-electron chi connectivity index (χ3n) is 2.64. The summed E-state index contributed by atoms with van der Waals surface area (Å²) in [5.74, 6) is 0. The van der Waals surface area contributed by atoms with Crippen LogP contribution in [0.2, 0.25) is 0 Å². The van der Waals surface area contributed by atoms with Gasteiger partial charge in [0.2, 0.25) is 0 Å². The van der Waals surface area contributed by atoms with Gasteiger partial charge in [0.05, 0.1) is 7.05 Å². The molecule has 2 N–H and O–H groups in total. The van der Waals surface area contributed by atoms with Crippen molar-refractivity contribution in [1.29, 1.82) is 0 Å². The van der Waals surface area contributed by atoms with E-state index in [2.05, 4.69) is 50.1 Å². The summed E-state index contributed by atoms with van der Waals surface area (Å²) in [6.45, 7) is 6.04. The zero-order valence-corrected chi connectivity index (χ0v) is 10.7. The maximum Gasteiger partial charge on any atom is 0.122 e. The van der Waals surface area contributed by atoms with E-state index in [1.165, 1.54) is 5.56 Å². The second-order valence-electron chi connectivity index (χ2n) is 3.56. The van der Waals surface area contributed by atoms with E-state index in [0.717, 1.165) is 6.42 Å². The Kier molecular flexibility index (Phi) is 8.74. The van der Waals surface area contributed by atoms with Crippen LogP contribution >= 0.6 is 0 Å². The Labute approximate surface area is 105 Å². The van der Waals surface area contributed by atoms with Crippen molar-refractivity contribution >= 4 is 0 Å². The van der Waals surface area contributed by atoms with Crippen LogP contribution in [0.15, 0.2) is 43.0 Å². The molecule has 1 rings (SSSR count). The molecule has 0 aliphatic heterocycles. The van der Waals surface area contributed by atoms with Crippen LogP contribution < -0.4 is 30.1 Å². The van der Waals surface area contributed by atoms with Crippen LogP contribution in [0.3, 0.4) is 0 Å². The first kappa shape index (κ1) is 16.9. The van der Waals surface area contributed by atoms with Gasteiger partial charge in [0.1, 0.15) is 5.54 Å². The lowest BCUT2D eigenvalue weighted by Crippen LogP contribution is -3.00. The average Bonchev–Trinajstić information content (AvgIpc) is 2.19. The van der Waals surface area contributed by atoms with E-state index in [1.807, 2.05) is 12.1 Å². The van der Waals surface area contributed by atoms with Gasteiger partial charge in [-0.25, -0.2) is 0 Å². The first-order valence-electron chi connectivity index (χ1n) is 4.70. The van der Waals surface area contributed by atoms with Crippen LogP contribution in [0.4, 0.5) is 0 Å². The SMILES string of the molecule is C=CCC(C)([NH2+]C)c1ccccc1.[Cl-].[Cl-]. The van der Waals surface area contributed by atoms with E-state index in [9.17, 15) is 0 Å². The summed E-state index contributed by atoms with van der Waals surface area (Å²) >= 11 is 0. The molecule has 0 aliphatic carbocycles. The first-order valence-corrected chi connectivity index (χ1v) is 4.70.